The zero-order chi connectivity index (χ0) is 14.5. The van der Waals surface area contributed by atoms with Crippen LogP contribution in [-0.4, -0.2) is 0 Å². The zero-order valence-electron chi connectivity index (χ0n) is 12.9. The van der Waals surface area contributed by atoms with E-state index < -0.39 is 0 Å². The first-order chi connectivity index (χ1) is 8.94. The summed E-state index contributed by atoms with van der Waals surface area (Å²) in [5, 5.41) is 0. The minimum absolute atomic E-state index is 0.0902. The van der Waals surface area contributed by atoms with E-state index in [9.17, 15) is 0 Å². The average molecular weight is 262 g/mol. The summed E-state index contributed by atoms with van der Waals surface area (Å²) >= 11 is 0. The van der Waals surface area contributed by atoms with Crippen molar-refractivity contribution in [1.29, 1.82) is 0 Å². The second kappa shape index (κ2) is 7.06. The maximum absolute atomic E-state index is 6.64. The Morgan fingerprint density at radius 2 is 1.68 bits per heavy atom. The van der Waals surface area contributed by atoms with E-state index in [0.29, 0.717) is 5.92 Å². The number of hydrogen-bond donors (Lipinski definition) is 2. The van der Waals surface area contributed by atoms with Crippen LogP contribution in [0.1, 0.15) is 70.5 Å². The molecule has 1 atom stereocenters. The van der Waals surface area contributed by atoms with Crippen molar-refractivity contribution >= 4 is 0 Å². The van der Waals surface area contributed by atoms with Gasteiger partial charge in [-0.25, -0.2) is 0 Å². The van der Waals surface area contributed by atoms with Crippen molar-refractivity contribution in [2.45, 2.75) is 65.0 Å². The molecule has 0 saturated heterocycles. The lowest BCUT2D eigenvalue weighted by molar-refractivity contribution is 0.368. The molecule has 0 aliphatic rings. The molecule has 4 N–H and O–H groups in total. The first-order valence-corrected chi connectivity index (χ1v) is 7.59. The van der Waals surface area contributed by atoms with E-state index in [1.807, 2.05) is 0 Å². The SMILES string of the molecule is CCCC(N)(CCC)c1cccc(C(N)C(C)C)c1. The molecular weight excluding hydrogens is 232 g/mol. The Bertz CT molecular complexity index is 379. The quantitative estimate of drug-likeness (QED) is 0.777. The van der Waals surface area contributed by atoms with Gasteiger partial charge in [0.1, 0.15) is 0 Å². The Hall–Kier alpha value is -0.860. The molecule has 108 valence electrons. The van der Waals surface area contributed by atoms with E-state index in [0.717, 1.165) is 25.7 Å². The third-order valence-corrected chi connectivity index (χ3v) is 3.96. The molecule has 0 heterocycles. The number of nitrogens with two attached hydrogens (primary N) is 2. The van der Waals surface area contributed by atoms with Gasteiger partial charge in [-0.2, -0.15) is 0 Å². The third kappa shape index (κ3) is 4.05. The molecule has 1 aromatic carbocycles. The lowest BCUT2D eigenvalue weighted by Gasteiger charge is -2.30. The molecule has 1 rings (SSSR count). The topological polar surface area (TPSA) is 52.0 Å². The van der Waals surface area contributed by atoms with Crippen LogP contribution in [0.4, 0.5) is 0 Å². The molecule has 0 aromatic heterocycles. The molecule has 2 heteroatoms. The summed E-state index contributed by atoms with van der Waals surface area (Å²) in [6.45, 7) is 8.71. The van der Waals surface area contributed by atoms with E-state index in [4.69, 9.17) is 11.5 Å². The van der Waals surface area contributed by atoms with Gasteiger partial charge in [-0.3, -0.25) is 0 Å². The monoisotopic (exact) mass is 262 g/mol. The highest BCUT2D eigenvalue weighted by Gasteiger charge is 2.26. The molecule has 0 spiro atoms. The molecule has 0 aliphatic carbocycles. The smallest absolute Gasteiger partial charge is 0.0409 e. The molecule has 1 unspecified atom stereocenters. The summed E-state index contributed by atoms with van der Waals surface area (Å²) in [7, 11) is 0. The largest absolute Gasteiger partial charge is 0.324 e. The summed E-state index contributed by atoms with van der Waals surface area (Å²) in [5.74, 6) is 0.444. The summed E-state index contributed by atoms with van der Waals surface area (Å²) in [5.41, 5.74) is 15.1. The molecule has 2 nitrogen and oxygen atoms in total. The molecule has 0 bridgehead atoms. The average Bonchev–Trinajstić information content (AvgIpc) is 2.38. The van der Waals surface area contributed by atoms with Crippen molar-refractivity contribution in [2.75, 3.05) is 0 Å². The van der Waals surface area contributed by atoms with Gasteiger partial charge >= 0.3 is 0 Å². The molecular formula is C17H30N2. The first-order valence-electron chi connectivity index (χ1n) is 7.59. The lowest BCUT2D eigenvalue weighted by Crippen LogP contribution is -2.36. The second-order valence-electron chi connectivity index (χ2n) is 6.05. The first kappa shape index (κ1) is 16.2. The van der Waals surface area contributed by atoms with Crippen LogP contribution in [0.3, 0.4) is 0 Å². The van der Waals surface area contributed by atoms with Crippen molar-refractivity contribution in [3.05, 3.63) is 35.4 Å². The summed E-state index contributed by atoms with van der Waals surface area (Å²) < 4.78 is 0. The third-order valence-electron chi connectivity index (χ3n) is 3.96. The highest BCUT2D eigenvalue weighted by molar-refractivity contribution is 5.31. The van der Waals surface area contributed by atoms with Crippen molar-refractivity contribution in [1.82, 2.24) is 0 Å². The predicted molar refractivity (Wildman–Crippen MR) is 83.9 cm³/mol. The molecule has 0 aliphatic heterocycles. The van der Waals surface area contributed by atoms with Gasteiger partial charge in [0.2, 0.25) is 0 Å². The number of rotatable bonds is 7. The Kier molecular flexibility index (Phi) is 6.02. The molecule has 0 amide bonds. The van der Waals surface area contributed by atoms with Gasteiger partial charge in [0.25, 0.3) is 0 Å². The Morgan fingerprint density at radius 3 is 2.16 bits per heavy atom. The minimum atomic E-state index is -0.198. The van der Waals surface area contributed by atoms with Gasteiger partial charge < -0.3 is 11.5 Å². The van der Waals surface area contributed by atoms with E-state index in [2.05, 4.69) is 52.0 Å². The van der Waals surface area contributed by atoms with Crippen molar-refractivity contribution in [2.24, 2.45) is 17.4 Å². The molecule has 19 heavy (non-hydrogen) atoms. The van der Waals surface area contributed by atoms with Crippen LogP contribution >= 0.6 is 0 Å². The van der Waals surface area contributed by atoms with Crippen molar-refractivity contribution in [3.63, 3.8) is 0 Å². The fraction of sp³-hybridized carbons (Fsp3) is 0.647. The van der Waals surface area contributed by atoms with Crippen LogP contribution in [0.2, 0.25) is 0 Å². The summed E-state index contributed by atoms with van der Waals surface area (Å²) in [6, 6.07) is 8.68. The summed E-state index contributed by atoms with van der Waals surface area (Å²) in [6.07, 6.45) is 4.27. The van der Waals surface area contributed by atoms with E-state index in [-0.39, 0.29) is 11.6 Å². The maximum Gasteiger partial charge on any atom is 0.0409 e. The van der Waals surface area contributed by atoms with E-state index in [1.165, 1.54) is 11.1 Å². The van der Waals surface area contributed by atoms with Gasteiger partial charge in [0.05, 0.1) is 0 Å². The van der Waals surface area contributed by atoms with Gasteiger partial charge in [-0.1, -0.05) is 64.8 Å². The minimum Gasteiger partial charge on any atom is -0.324 e. The summed E-state index contributed by atoms with van der Waals surface area (Å²) in [4.78, 5) is 0. The number of hydrogen-bond acceptors (Lipinski definition) is 2. The van der Waals surface area contributed by atoms with Crippen LogP contribution in [0.5, 0.6) is 0 Å². The molecule has 0 saturated carbocycles. The second-order valence-corrected chi connectivity index (χ2v) is 6.05. The van der Waals surface area contributed by atoms with Gasteiger partial charge in [-0.05, 0) is 29.9 Å². The molecule has 0 fully saturated rings. The van der Waals surface area contributed by atoms with Crippen LogP contribution in [0.15, 0.2) is 24.3 Å². The lowest BCUT2D eigenvalue weighted by atomic mass is 9.81. The number of benzene rings is 1. The van der Waals surface area contributed by atoms with Gasteiger partial charge in [0.15, 0.2) is 0 Å². The van der Waals surface area contributed by atoms with Gasteiger partial charge in [0, 0.05) is 11.6 Å². The van der Waals surface area contributed by atoms with Crippen LogP contribution < -0.4 is 11.5 Å². The fourth-order valence-corrected chi connectivity index (χ4v) is 2.75. The maximum atomic E-state index is 6.64. The molecule has 1 aromatic rings. The normalized spacial score (nSPS) is 13.8. The van der Waals surface area contributed by atoms with E-state index >= 15 is 0 Å². The molecule has 0 radical (unpaired) electrons. The fourth-order valence-electron chi connectivity index (χ4n) is 2.75. The highest BCUT2D eigenvalue weighted by Crippen LogP contribution is 2.31. The Morgan fingerprint density at radius 1 is 1.11 bits per heavy atom. The Balaban J connectivity index is 3.08. The van der Waals surface area contributed by atoms with Crippen LogP contribution in [0, 0.1) is 5.92 Å². The standard InChI is InChI=1S/C17H30N2/c1-5-10-17(19,11-6-2)15-9-7-8-14(12-15)16(18)13(3)4/h7-9,12-13,16H,5-6,10-11,18-19H2,1-4H3. The Labute approximate surface area is 118 Å². The van der Waals surface area contributed by atoms with Crippen LogP contribution in [-0.2, 0) is 5.54 Å². The highest BCUT2D eigenvalue weighted by atomic mass is 14.7. The van der Waals surface area contributed by atoms with E-state index in [1.54, 1.807) is 0 Å². The predicted octanol–water partition coefficient (Wildman–Crippen LogP) is 4.10. The van der Waals surface area contributed by atoms with Gasteiger partial charge in [-0.15, -0.1) is 0 Å². The van der Waals surface area contributed by atoms with Crippen LogP contribution in [0.25, 0.3) is 0 Å². The van der Waals surface area contributed by atoms with Crippen molar-refractivity contribution in [3.8, 4) is 0 Å². The zero-order valence-corrected chi connectivity index (χ0v) is 12.9. The van der Waals surface area contributed by atoms with Crippen molar-refractivity contribution < 1.29 is 0 Å².